The van der Waals surface area contributed by atoms with E-state index in [1.54, 1.807) is 30.5 Å². The number of fused-ring (bicyclic) bond motifs is 3. The van der Waals surface area contributed by atoms with Gasteiger partial charge in [-0.2, -0.15) is 0 Å². The molecule has 0 spiro atoms. The minimum Gasteiger partial charge on any atom is -0.493 e. The molecular formula is C30H28ClF2NO6. The smallest absolute Gasteiger partial charge is 0.213 e. The highest BCUT2D eigenvalue weighted by molar-refractivity contribution is 6.33. The Morgan fingerprint density at radius 2 is 1.88 bits per heavy atom. The first-order valence-electron chi connectivity index (χ1n) is 13.2. The zero-order valence-electron chi connectivity index (χ0n) is 21.4. The summed E-state index contributed by atoms with van der Waals surface area (Å²) >= 11 is 6.45. The summed E-state index contributed by atoms with van der Waals surface area (Å²) in [7, 11) is 0. The number of aliphatic hydroxyl groups excluding tert-OH is 2. The molecule has 2 aromatic carbocycles. The quantitative estimate of drug-likeness (QED) is 0.334. The lowest BCUT2D eigenvalue weighted by Gasteiger charge is -2.42. The van der Waals surface area contributed by atoms with Gasteiger partial charge in [-0.25, -0.2) is 13.8 Å². The zero-order chi connectivity index (χ0) is 28.2. The van der Waals surface area contributed by atoms with E-state index in [1.165, 1.54) is 6.07 Å². The van der Waals surface area contributed by atoms with Crippen molar-refractivity contribution in [2.45, 2.75) is 37.4 Å². The van der Waals surface area contributed by atoms with Gasteiger partial charge in [0.05, 0.1) is 23.8 Å². The molecule has 6 rings (SSSR count). The molecule has 3 atom stereocenters. The number of aliphatic hydroxyl groups is 3. The fourth-order valence-corrected chi connectivity index (χ4v) is 6.51. The van der Waals surface area contributed by atoms with Gasteiger partial charge in [0, 0.05) is 40.9 Å². The number of pyridine rings is 1. The molecule has 2 saturated carbocycles. The first kappa shape index (κ1) is 27.1. The van der Waals surface area contributed by atoms with Crippen molar-refractivity contribution in [3.8, 4) is 22.8 Å². The average Bonchev–Trinajstić information content (AvgIpc) is 3.50. The second-order valence-electron chi connectivity index (χ2n) is 11.1. The Morgan fingerprint density at radius 1 is 1.07 bits per heavy atom. The van der Waals surface area contributed by atoms with Crippen LogP contribution < -0.4 is 9.47 Å². The maximum atomic E-state index is 14.8. The number of aromatic nitrogens is 1. The van der Waals surface area contributed by atoms with Gasteiger partial charge in [-0.05, 0) is 72.4 Å². The molecule has 0 aliphatic heterocycles. The van der Waals surface area contributed by atoms with Crippen molar-refractivity contribution in [2.24, 2.45) is 17.8 Å². The van der Waals surface area contributed by atoms with Gasteiger partial charge >= 0.3 is 0 Å². The van der Waals surface area contributed by atoms with Gasteiger partial charge in [-0.3, -0.25) is 4.79 Å². The second-order valence-corrected chi connectivity index (χ2v) is 11.5. The van der Waals surface area contributed by atoms with Crippen LogP contribution in [0, 0.1) is 29.4 Å². The maximum Gasteiger partial charge on any atom is 0.213 e. The van der Waals surface area contributed by atoms with Gasteiger partial charge in [-0.1, -0.05) is 11.6 Å². The first-order valence-corrected chi connectivity index (χ1v) is 13.6. The predicted molar refractivity (Wildman–Crippen MR) is 141 cm³/mol. The molecule has 1 heterocycles. The number of carbonyl (C=O) groups excluding carboxylic acids is 1. The standard InChI is InChI=1S/C30H28ClF2NO6/c31-23-6-18(39-12-15-8-30(38,9-15)14-36)1-2-19(23)20-4-17(24(32)7-25(20)33)13-40-27-5-16-3-21-28(22(16)10-34-27)29(21)26(37)11-35/h1-2,4-7,10,15,21,28-29,35-36,38H,3,8-9,11-14H2. The second kappa shape index (κ2) is 10.4. The summed E-state index contributed by atoms with van der Waals surface area (Å²) in [5.41, 5.74) is 1.60. The molecule has 0 saturated heterocycles. The lowest BCUT2D eigenvalue weighted by molar-refractivity contribution is -0.123. The van der Waals surface area contributed by atoms with Crippen molar-refractivity contribution >= 4 is 17.4 Å². The summed E-state index contributed by atoms with van der Waals surface area (Å²) in [5.74, 6) is -0.617. The molecule has 3 unspecified atom stereocenters. The molecule has 3 aromatic rings. The molecule has 10 heteroatoms. The molecule has 210 valence electrons. The van der Waals surface area contributed by atoms with Crippen LogP contribution in [0.25, 0.3) is 11.1 Å². The van der Waals surface area contributed by atoms with Crippen molar-refractivity contribution in [1.82, 2.24) is 4.98 Å². The Bertz CT molecular complexity index is 1480. The molecule has 0 bridgehead atoms. The minimum absolute atomic E-state index is 0.0966. The largest absolute Gasteiger partial charge is 0.493 e. The van der Waals surface area contributed by atoms with E-state index in [4.69, 9.17) is 31.3 Å². The highest BCUT2D eigenvalue weighted by atomic mass is 35.5. The van der Waals surface area contributed by atoms with E-state index in [9.17, 15) is 18.7 Å². The maximum absolute atomic E-state index is 14.8. The number of benzene rings is 2. The fourth-order valence-electron chi connectivity index (χ4n) is 6.23. The normalized spacial score (nSPS) is 26.1. The number of ketones is 1. The molecule has 1 aromatic heterocycles. The van der Waals surface area contributed by atoms with Crippen molar-refractivity contribution < 1.29 is 38.4 Å². The van der Waals surface area contributed by atoms with E-state index in [0.717, 1.165) is 17.2 Å². The van der Waals surface area contributed by atoms with Crippen LogP contribution in [0.15, 0.2) is 42.6 Å². The van der Waals surface area contributed by atoms with Crippen molar-refractivity contribution in [1.29, 1.82) is 0 Å². The van der Waals surface area contributed by atoms with Crippen LogP contribution in [0.4, 0.5) is 8.78 Å². The molecule has 7 nitrogen and oxygen atoms in total. The third-order valence-corrected chi connectivity index (χ3v) is 8.68. The van der Waals surface area contributed by atoms with Crippen LogP contribution in [0.3, 0.4) is 0 Å². The van der Waals surface area contributed by atoms with Crippen molar-refractivity contribution in [3.05, 3.63) is 75.9 Å². The SMILES string of the molecule is O=C(CO)C1C2Cc3cc(OCc4cc(-c5ccc(OCC6CC(O)(CO)C6)cc5Cl)c(F)cc4F)ncc3C21. The van der Waals surface area contributed by atoms with E-state index in [1.807, 2.05) is 0 Å². The molecule has 3 N–H and O–H groups in total. The molecule has 3 aliphatic carbocycles. The van der Waals surface area contributed by atoms with Gasteiger partial charge < -0.3 is 24.8 Å². The first-order chi connectivity index (χ1) is 19.2. The third kappa shape index (κ3) is 4.96. The molecule has 0 amide bonds. The Balaban J connectivity index is 1.12. The highest BCUT2D eigenvalue weighted by Gasteiger charge is 2.58. The Labute approximate surface area is 234 Å². The van der Waals surface area contributed by atoms with Gasteiger partial charge in [0.15, 0.2) is 5.78 Å². The zero-order valence-corrected chi connectivity index (χ0v) is 22.2. The summed E-state index contributed by atoms with van der Waals surface area (Å²) in [5, 5.41) is 28.5. The number of nitrogens with zero attached hydrogens (tertiary/aromatic N) is 1. The van der Waals surface area contributed by atoms with Crippen molar-refractivity contribution in [3.63, 3.8) is 0 Å². The van der Waals surface area contributed by atoms with E-state index >= 15 is 0 Å². The third-order valence-electron chi connectivity index (χ3n) is 8.37. The number of halogens is 3. The molecule has 40 heavy (non-hydrogen) atoms. The van der Waals surface area contributed by atoms with Crippen LogP contribution in [-0.4, -0.2) is 51.5 Å². The lowest BCUT2D eigenvalue weighted by Crippen LogP contribution is -2.48. The number of Topliss-reactive ketones (excluding diaryl/α,β-unsaturated/α-hetero) is 1. The van der Waals surface area contributed by atoms with Gasteiger partial charge in [0.1, 0.15) is 30.6 Å². The van der Waals surface area contributed by atoms with Crippen LogP contribution in [0.1, 0.15) is 35.4 Å². The number of hydrogen-bond acceptors (Lipinski definition) is 7. The van der Waals surface area contributed by atoms with Gasteiger partial charge in [0.2, 0.25) is 5.88 Å². The van der Waals surface area contributed by atoms with Crippen molar-refractivity contribution in [2.75, 3.05) is 19.8 Å². The Kier molecular flexibility index (Phi) is 7.02. The number of ether oxygens (including phenoxy) is 2. The molecule has 3 aliphatic rings. The summed E-state index contributed by atoms with van der Waals surface area (Å²) in [6, 6.07) is 8.76. The summed E-state index contributed by atoms with van der Waals surface area (Å²) < 4.78 is 41.0. The Morgan fingerprint density at radius 3 is 2.60 bits per heavy atom. The fraction of sp³-hybridized carbons (Fsp3) is 0.400. The minimum atomic E-state index is -1.03. The topological polar surface area (TPSA) is 109 Å². The van der Waals surface area contributed by atoms with E-state index in [2.05, 4.69) is 4.98 Å². The predicted octanol–water partition coefficient (Wildman–Crippen LogP) is 4.22. The van der Waals surface area contributed by atoms with E-state index < -0.39 is 23.8 Å². The highest BCUT2D eigenvalue weighted by Crippen LogP contribution is 2.61. The van der Waals surface area contributed by atoms with Crippen LogP contribution in [0.5, 0.6) is 11.6 Å². The monoisotopic (exact) mass is 571 g/mol. The summed E-state index contributed by atoms with van der Waals surface area (Å²) in [6.07, 6.45) is 3.28. The molecule has 0 radical (unpaired) electrons. The number of hydrogen-bond donors (Lipinski definition) is 3. The summed E-state index contributed by atoms with van der Waals surface area (Å²) in [4.78, 5) is 16.2. The van der Waals surface area contributed by atoms with E-state index in [0.29, 0.717) is 43.1 Å². The number of rotatable bonds is 10. The van der Waals surface area contributed by atoms with Crippen LogP contribution in [0.2, 0.25) is 5.02 Å². The van der Waals surface area contributed by atoms with Crippen LogP contribution in [-0.2, 0) is 17.8 Å². The Hall–Kier alpha value is -3.11. The number of carbonyl (C=O) groups is 1. The van der Waals surface area contributed by atoms with Gasteiger partial charge in [-0.15, -0.1) is 0 Å². The average molecular weight is 572 g/mol. The lowest BCUT2D eigenvalue weighted by atomic mass is 9.72. The molecular weight excluding hydrogens is 544 g/mol. The summed E-state index contributed by atoms with van der Waals surface area (Å²) in [6.45, 7) is -0.553. The van der Waals surface area contributed by atoms with Gasteiger partial charge in [0.25, 0.3) is 0 Å². The molecule has 2 fully saturated rings. The van der Waals surface area contributed by atoms with E-state index in [-0.39, 0.29) is 58.8 Å². The van der Waals surface area contributed by atoms with Crippen LogP contribution >= 0.6 is 11.6 Å².